The fourth-order valence-corrected chi connectivity index (χ4v) is 1.21. The quantitative estimate of drug-likeness (QED) is 0.593. The highest BCUT2D eigenvalue weighted by Gasteiger charge is 2.11. The number of aliphatic hydroxyl groups is 1. The van der Waals surface area contributed by atoms with Crippen molar-refractivity contribution in [2.45, 2.75) is 6.92 Å². The van der Waals surface area contributed by atoms with Crippen LogP contribution in [0, 0.1) is 5.92 Å². The van der Waals surface area contributed by atoms with Crippen molar-refractivity contribution in [1.82, 2.24) is 0 Å². The summed E-state index contributed by atoms with van der Waals surface area (Å²) in [5, 5.41) is 8.81. The van der Waals surface area contributed by atoms with E-state index in [0.717, 1.165) is 0 Å². The Labute approximate surface area is 100 Å². The van der Waals surface area contributed by atoms with E-state index in [2.05, 4.69) is 0 Å². The van der Waals surface area contributed by atoms with E-state index in [9.17, 15) is 4.79 Å². The van der Waals surface area contributed by atoms with Gasteiger partial charge in [-0.25, -0.2) is 4.79 Å². The number of nitrogen functional groups attached to an aromatic ring is 1. The zero-order valence-corrected chi connectivity index (χ0v) is 9.97. The van der Waals surface area contributed by atoms with Gasteiger partial charge in [-0.3, -0.25) is 0 Å². The van der Waals surface area contributed by atoms with Gasteiger partial charge in [0.1, 0.15) is 5.75 Å². The van der Waals surface area contributed by atoms with Crippen molar-refractivity contribution in [3.8, 4) is 5.75 Å². The third-order valence-electron chi connectivity index (χ3n) is 2.21. The van der Waals surface area contributed by atoms with Crippen LogP contribution in [0.2, 0.25) is 0 Å². The summed E-state index contributed by atoms with van der Waals surface area (Å²) in [5.74, 6) is -0.0510. The minimum absolute atomic E-state index is 0.0203. The van der Waals surface area contributed by atoms with Gasteiger partial charge in [-0.05, 0) is 12.1 Å². The molecule has 3 N–H and O–H groups in total. The summed E-state index contributed by atoms with van der Waals surface area (Å²) in [6.45, 7) is 1.94. The Morgan fingerprint density at radius 2 is 2.18 bits per heavy atom. The lowest BCUT2D eigenvalue weighted by molar-refractivity contribution is 0.0405. The van der Waals surface area contributed by atoms with Gasteiger partial charge in [-0.1, -0.05) is 6.92 Å². The summed E-state index contributed by atoms with van der Waals surface area (Å²) in [5.41, 5.74) is 6.40. The fourth-order valence-electron chi connectivity index (χ4n) is 1.21. The van der Waals surface area contributed by atoms with Gasteiger partial charge in [0, 0.05) is 24.3 Å². The van der Waals surface area contributed by atoms with Crippen LogP contribution in [0.1, 0.15) is 17.3 Å². The van der Waals surface area contributed by atoms with Crippen LogP contribution in [0.3, 0.4) is 0 Å². The van der Waals surface area contributed by atoms with Crippen LogP contribution in [0.4, 0.5) is 5.69 Å². The molecule has 5 nitrogen and oxygen atoms in total. The van der Waals surface area contributed by atoms with Gasteiger partial charge >= 0.3 is 5.97 Å². The van der Waals surface area contributed by atoms with E-state index in [1.54, 1.807) is 19.1 Å². The molecular weight excluding hydrogens is 222 g/mol. The predicted octanol–water partition coefficient (Wildman–Crippen LogP) is 1.06. The van der Waals surface area contributed by atoms with Crippen molar-refractivity contribution in [2.24, 2.45) is 5.92 Å². The maximum Gasteiger partial charge on any atom is 0.338 e. The van der Waals surface area contributed by atoms with E-state index in [4.69, 9.17) is 20.3 Å². The van der Waals surface area contributed by atoms with Gasteiger partial charge in [-0.15, -0.1) is 0 Å². The number of esters is 1. The number of rotatable bonds is 5. The molecule has 0 aromatic heterocycles. The van der Waals surface area contributed by atoms with E-state index in [1.165, 1.54) is 13.2 Å². The molecule has 0 radical (unpaired) electrons. The molecule has 0 aliphatic heterocycles. The van der Waals surface area contributed by atoms with E-state index < -0.39 is 5.97 Å². The topological polar surface area (TPSA) is 81.8 Å². The molecular formula is C12H17NO4. The molecule has 5 heteroatoms. The van der Waals surface area contributed by atoms with Gasteiger partial charge in [0.15, 0.2) is 0 Å². The number of carbonyl (C=O) groups is 1. The van der Waals surface area contributed by atoms with E-state index >= 15 is 0 Å². The van der Waals surface area contributed by atoms with Crippen LogP contribution < -0.4 is 10.5 Å². The molecule has 0 saturated carbocycles. The van der Waals surface area contributed by atoms with Crippen molar-refractivity contribution in [3.63, 3.8) is 0 Å². The molecule has 0 fully saturated rings. The monoisotopic (exact) mass is 239 g/mol. The number of hydrogen-bond acceptors (Lipinski definition) is 5. The summed E-state index contributed by atoms with van der Waals surface area (Å²) in [6.07, 6.45) is 0. The molecule has 0 aliphatic carbocycles. The summed E-state index contributed by atoms with van der Waals surface area (Å²) < 4.78 is 10.0. The second-order valence-electron chi connectivity index (χ2n) is 3.88. The molecule has 0 spiro atoms. The van der Waals surface area contributed by atoms with E-state index in [1.807, 2.05) is 0 Å². The third-order valence-corrected chi connectivity index (χ3v) is 2.21. The molecule has 94 valence electrons. The second-order valence-corrected chi connectivity index (χ2v) is 3.88. The van der Waals surface area contributed by atoms with Crippen molar-refractivity contribution < 1.29 is 19.4 Å². The fraction of sp³-hybridized carbons (Fsp3) is 0.417. The van der Waals surface area contributed by atoms with Gasteiger partial charge < -0.3 is 20.3 Å². The largest absolute Gasteiger partial charge is 0.497 e. The zero-order chi connectivity index (χ0) is 12.8. The molecule has 1 aromatic rings. The number of aliphatic hydroxyl groups excluding tert-OH is 1. The normalized spacial score (nSPS) is 11.9. The minimum atomic E-state index is -0.476. The highest BCUT2D eigenvalue weighted by molar-refractivity contribution is 5.91. The van der Waals surface area contributed by atoms with Crippen LogP contribution in [0.15, 0.2) is 18.2 Å². The lowest BCUT2D eigenvalue weighted by Gasteiger charge is -2.10. The number of nitrogens with two attached hydrogens (primary N) is 1. The Balaban J connectivity index is 2.71. The molecule has 1 unspecified atom stereocenters. The first-order valence-electron chi connectivity index (χ1n) is 5.29. The maximum absolute atomic E-state index is 11.7. The first-order valence-corrected chi connectivity index (χ1v) is 5.29. The third kappa shape index (κ3) is 3.96. The second kappa shape index (κ2) is 6.10. The summed E-state index contributed by atoms with van der Waals surface area (Å²) in [6, 6.07) is 4.70. The number of benzene rings is 1. The first kappa shape index (κ1) is 13.3. The predicted molar refractivity (Wildman–Crippen MR) is 63.9 cm³/mol. The molecule has 1 aromatic carbocycles. The zero-order valence-electron chi connectivity index (χ0n) is 9.97. The van der Waals surface area contributed by atoms with Crippen molar-refractivity contribution in [1.29, 1.82) is 0 Å². The number of hydrogen-bond donors (Lipinski definition) is 2. The van der Waals surface area contributed by atoms with Crippen molar-refractivity contribution >= 4 is 11.7 Å². The Morgan fingerprint density at radius 3 is 2.76 bits per heavy atom. The minimum Gasteiger partial charge on any atom is -0.497 e. The van der Waals surface area contributed by atoms with Crippen LogP contribution >= 0.6 is 0 Å². The highest BCUT2D eigenvalue weighted by atomic mass is 16.5. The van der Waals surface area contributed by atoms with Gasteiger partial charge in [0.25, 0.3) is 0 Å². The van der Waals surface area contributed by atoms with Gasteiger partial charge in [0.2, 0.25) is 0 Å². The molecule has 1 atom stereocenters. The number of ether oxygens (including phenoxy) is 2. The molecule has 1 rings (SSSR count). The van der Waals surface area contributed by atoms with Crippen molar-refractivity contribution in [2.75, 3.05) is 26.1 Å². The van der Waals surface area contributed by atoms with Gasteiger partial charge in [0.05, 0.1) is 19.3 Å². The SMILES string of the molecule is COc1cc(N)cc(C(=O)OCC(C)CO)c1. The number of anilines is 1. The summed E-state index contributed by atoms with van der Waals surface area (Å²) >= 11 is 0. The Bertz CT molecular complexity index is 392. The van der Waals surface area contributed by atoms with Crippen LogP contribution in [-0.4, -0.2) is 31.4 Å². The van der Waals surface area contributed by atoms with Crippen molar-refractivity contribution in [3.05, 3.63) is 23.8 Å². The average Bonchev–Trinajstić information content (AvgIpc) is 2.34. The molecule has 0 bridgehead atoms. The Kier molecular flexibility index (Phi) is 4.78. The van der Waals surface area contributed by atoms with E-state index in [0.29, 0.717) is 17.0 Å². The summed E-state index contributed by atoms with van der Waals surface area (Å²) in [7, 11) is 1.50. The lowest BCUT2D eigenvalue weighted by Crippen LogP contribution is -2.14. The maximum atomic E-state index is 11.7. The van der Waals surface area contributed by atoms with Crippen LogP contribution in [0.5, 0.6) is 5.75 Å². The lowest BCUT2D eigenvalue weighted by atomic mass is 10.2. The van der Waals surface area contributed by atoms with E-state index in [-0.39, 0.29) is 19.1 Å². The van der Waals surface area contributed by atoms with Gasteiger partial charge in [-0.2, -0.15) is 0 Å². The standard InChI is InChI=1S/C12H17NO4/c1-8(6-14)7-17-12(15)9-3-10(13)5-11(4-9)16-2/h3-5,8,14H,6-7,13H2,1-2H3. The molecule has 0 heterocycles. The number of methoxy groups -OCH3 is 1. The van der Waals surface area contributed by atoms with Crippen LogP contribution in [0.25, 0.3) is 0 Å². The number of carbonyl (C=O) groups excluding carboxylic acids is 1. The molecule has 17 heavy (non-hydrogen) atoms. The molecule has 0 saturated heterocycles. The summed E-state index contributed by atoms with van der Waals surface area (Å²) in [4.78, 5) is 11.7. The molecule has 0 amide bonds. The van der Waals surface area contributed by atoms with Crippen LogP contribution in [-0.2, 0) is 4.74 Å². The first-order chi connectivity index (χ1) is 8.06. The highest BCUT2D eigenvalue weighted by Crippen LogP contribution is 2.19. The Morgan fingerprint density at radius 1 is 1.47 bits per heavy atom. The molecule has 0 aliphatic rings. The average molecular weight is 239 g/mol. The Hall–Kier alpha value is -1.75. The smallest absolute Gasteiger partial charge is 0.338 e.